The zero-order valence-corrected chi connectivity index (χ0v) is 5.59. The van der Waals surface area contributed by atoms with Crippen molar-refractivity contribution in [2.75, 3.05) is 6.61 Å². The van der Waals surface area contributed by atoms with Crippen LogP contribution >= 0.6 is 0 Å². The van der Waals surface area contributed by atoms with Gasteiger partial charge in [0.15, 0.2) is 0 Å². The Morgan fingerprint density at radius 1 is 1.78 bits per heavy atom. The summed E-state index contributed by atoms with van der Waals surface area (Å²) in [4.78, 5) is 10.2. The van der Waals surface area contributed by atoms with Crippen LogP contribution in [0.5, 0.6) is 0 Å². The Labute approximate surface area is 53.9 Å². The molecule has 2 atom stereocenters. The number of hydrogen-bond acceptors (Lipinski definition) is 3. The molecule has 52 valence electrons. The van der Waals surface area contributed by atoms with Crippen LogP contribution in [0.25, 0.3) is 0 Å². The first-order chi connectivity index (χ1) is 4.20. The SMILES string of the molecule is CC(=O)OC[C@@H]1O[C@@H]1C. The second kappa shape index (κ2) is 2.35. The molecule has 0 aromatic carbocycles. The number of carbonyl (C=O) groups is 1. The van der Waals surface area contributed by atoms with Gasteiger partial charge < -0.3 is 9.47 Å². The van der Waals surface area contributed by atoms with Crippen LogP contribution in [0.3, 0.4) is 0 Å². The molecule has 0 saturated carbocycles. The van der Waals surface area contributed by atoms with Crippen molar-refractivity contribution in [3.05, 3.63) is 0 Å². The maximum Gasteiger partial charge on any atom is 0.302 e. The monoisotopic (exact) mass is 130 g/mol. The molecule has 0 radical (unpaired) electrons. The van der Waals surface area contributed by atoms with Gasteiger partial charge in [-0.15, -0.1) is 0 Å². The lowest BCUT2D eigenvalue weighted by atomic mass is 10.4. The predicted octanol–water partition coefficient (Wildman–Crippen LogP) is 0.337. The number of carbonyl (C=O) groups excluding carboxylic acids is 1. The highest BCUT2D eigenvalue weighted by Gasteiger charge is 2.34. The largest absolute Gasteiger partial charge is 0.463 e. The van der Waals surface area contributed by atoms with Gasteiger partial charge in [0, 0.05) is 6.92 Å². The molecule has 0 spiro atoms. The van der Waals surface area contributed by atoms with Crippen LogP contribution in [0.1, 0.15) is 13.8 Å². The van der Waals surface area contributed by atoms with Crippen molar-refractivity contribution < 1.29 is 14.3 Å². The molecule has 1 rings (SSSR count). The molecule has 1 heterocycles. The smallest absolute Gasteiger partial charge is 0.302 e. The van der Waals surface area contributed by atoms with E-state index in [4.69, 9.17) is 4.74 Å². The third-order valence-electron chi connectivity index (χ3n) is 1.29. The molecule has 3 heteroatoms. The minimum absolute atomic E-state index is 0.161. The summed E-state index contributed by atoms with van der Waals surface area (Å²) in [6.45, 7) is 3.76. The molecule has 0 aliphatic carbocycles. The van der Waals surface area contributed by atoms with E-state index in [9.17, 15) is 4.79 Å². The Morgan fingerprint density at radius 2 is 2.33 bits per heavy atom. The molecule has 3 nitrogen and oxygen atoms in total. The molecular formula is C6H10O3. The highest BCUT2D eigenvalue weighted by molar-refractivity contribution is 5.65. The number of rotatable bonds is 2. The van der Waals surface area contributed by atoms with Gasteiger partial charge >= 0.3 is 5.97 Å². The summed E-state index contributed by atoms with van der Waals surface area (Å²) in [6, 6.07) is 0. The van der Waals surface area contributed by atoms with E-state index < -0.39 is 0 Å². The Bertz CT molecular complexity index is 121. The quantitative estimate of drug-likeness (QED) is 0.399. The molecule has 0 amide bonds. The third kappa shape index (κ3) is 2.01. The van der Waals surface area contributed by atoms with Crippen molar-refractivity contribution in [3.8, 4) is 0 Å². The van der Waals surface area contributed by atoms with Crippen LogP contribution < -0.4 is 0 Å². The van der Waals surface area contributed by atoms with E-state index in [-0.39, 0.29) is 18.2 Å². The van der Waals surface area contributed by atoms with Gasteiger partial charge in [-0.2, -0.15) is 0 Å². The van der Waals surface area contributed by atoms with Gasteiger partial charge in [-0.3, -0.25) is 4.79 Å². The summed E-state index contributed by atoms with van der Waals surface area (Å²) in [6.07, 6.45) is 0.443. The Morgan fingerprint density at radius 3 is 2.67 bits per heavy atom. The molecule has 0 aromatic heterocycles. The molecular weight excluding hydrogens is 120 g/mol. The fourth-order valence-electron chi connectivity index (χ4n) is 0.605. The normalized spacial score (nSPS) is 31.8. The van der Waals surface area contributed by atoms with E-state index in [0.29, 0.717) is 6.61 Å². The lowest BCUT2D eigenvalue weighted by Gasteiger charge is -1.94. The van der Waals surface area contributed by atoms with Crippen molar-refractivity contribution in [2.45, 2.75) is 26.1 Å². The van der Waals surface area contributed by atoms with Crippen LogP contribution in [0, 0.1) is 0 Å². The first kappa shape index (κ1) is 6.55. The second-order valence-corrected chi connectivity index (χ2v) is 2.18. The summed E-state index contributed by atoms with van der Waals surface area (Å²) in [5, 5.41) is 0. The maximum absolute atomic E-state index is 10.2. The van der Waals surface area contributed by atoms with Crippen LogP contribution in [0.4, 0.5) is 0 Å². The van der Waals surface area contributed by atoms with Crippen LogP contribution in [-0.4, -0.2) is 24.8 Å². The topological polar surface area (TPSA) is 38.8 Å². The average molecular weight is 130 g/mol. The zero-order valence-electron chi connectivity index (χ0n) is 5.59. The Hall–Kier alpha value is -0.570. The molecule has 0 aromatic rings. The summed E-state index contributed by atoms with van der Waals surface area (Å²) in [5.41, 5.74) is 0. The molecule has 1 saturated heterocycles. The van der Waals surface area contributed by atoms with Gasteiger partial charge in [0.05, 0.1) is 6.10 Å². The number of ether oxygens (including phenoxy) is 2. The first-order valence-corrected chi connectivity index (χ1v) is 2.99. The summed E-state index contributed by atoms with van der Waals surface area (Å²) >= 11 is 0. The lowest BCUT2D eigenvalue weighted by molar-refractivity contribution is -0.141. The molecule has 0 unspecified atom stereocenters. The van der Waals surface area contributed by atoms with Gasteiger partial charge in [0.25, 0.3) is 0 Å². The fourth-order valence-corrected chi connectivity index (χ4v) is 0.605. The van der Waals surface area contributed by atoms with E-state index in [2.05, 4.69) is 4.74 Å². The van der Waals surface area contributed by atoms with Crippen LogP contribution in [-0.2, 0) is 14.3 Å². The lowest BCUT2D eigenvalue weighted by Crippen LogP contribution is -2.06. The summed E-state index contributed by atoms with van der Waals surface area (Å²) in [7, 11) is 0. The van der Waals surface area contributed by atoms with E-state index >= 15 is 0 Å². The van der Waals surface area contributed by atoms with E-state index in [1.807, 2.05) is 6.92 Å². The molecule has 1 aliphatic heterocycles. The highest BCUT2D eigenvalue weighted by atomic mass is 16.6. The van der Waals surface area contributed by atoms with Crippen molar-refractivity contribution >= 4 is 5.97 Å². The van der Waals surface area contributed by atoms with Crippen molar-refractivity contribution in [1.82, 2.24) is 0 Å². The summed E-state index contributed by atoms with van der Waals surface area (Å²) in [5.74, 6) is -0.238. The van der Waals surface area contributed by atoms with Crippen LogP contribution in [0.2, 0.25) is 0 Å². The Kier molecular flexibility index (Phi) is 1.71. The van der Waals surface area contributed by atoms with E-state index in [1.54, 1.807) is 0 Å². The average Bonchev–Trinajstić information content (AvgIpc) is 2.42. The molecule has 0 N–H and O–H groups in total. The number of esters is 1. The molecule has 1 aliphatic rings. The summed E-state index contributed by atoms with van der Waals surface area (Å²) < 4.78 is 9.66. The van der Waals surface area contributed by atoms with Gasteiger partial charge in [0.2, 0.25) is 0 Å². The number of epoxide rings is 1. The highest BCUT2D eigenvalue weighted by Crippen LogP contribution is 2.20. The zero-order chi connectivity index (χ0) is 6.85. The molecule has 1 fully saturated rings. The van der Waals surface area contributed by atoms with Crippen molar-refractivity contribution in [3.63, 3.8) is 0 Å². The van der Waals surface area contributed by atoms with Gasteiger partial charge in [0.1, 0.15) is 12.7 Å². The van der Waals surface area contributed by atoms with Gasteiger partial charge in [-0.25, -0.2) is 0 Å². The van der Waals surface area contributed by atoms with Gasteiger partial charge in [-0.05, 0) is 6.92 Å². The Balaban J connectivity index is 2.00. The minimum Gasteiger partial charge on any atom is -0.463 e. The first-order valence-electron chi connectivity index (χ1n) is 2.99. The fraction of sp³-hybridized carbons (Fsp3) is 0.833. The molecule has 9 heavy (non-hydrogen) atoms. The standard InChI is InChI=1S/C6H10O3/c1-4-6(9-4)3-8-5(2)7/h4,6H,3H2,1-2H3/t4-,6+/m1/s1. The predicted molar refractivity (Wildman–Crippen MR) is 31.0 cm³/mol. The minimum atomic E-state index is -0.238. The second-order valence-electron chi connectivity index (χ2n) is 2.18. The van der Waals surface area contributed by atoms with Crippen LogP contribution in [0.15, 0.2) is 0 Å². The molecule has 0 bridgehead atoms. The van der Waals surface area contributed by atoms with Crippen molar-refractivity contribution in [1.29, 1.82) is 0 Å². The third-order valence-corrected chi connectivity index (χ3v) is 1.29. The number of hydrogen-bond donors (Lipinski definition) is 0. The van der Waals surface area contributed by atoms with Crippen molar-refractivity contribution in [2.24, 2.45) is 0 Å². The van der Waals surface area contributed by atoms with Gasteiger partial charge in [-0.1, -0.05) is 0 Å². The van der Waals surface area contributed by atoms with E-state index in [0.717, 1.165) is 0 Å². The van der Waals surface area contributed by atoms with E-state index in [1.165, 1.54) is 6.92 Å². The maximum atomic E-state index is 10.2.